The van der Waals surface area contributed by atoms with Gasteiger partial charge in [0.1, 0.15) is 0 Å². The summed E-state index contributed by atoms with van der Waals surface area (Å²) in [5.41, 5.74) is 6.81. The van der Waals surface area contributed by atoms with Crippen molar-refractivity contribution in [2.75, 3.05) is 24.6 Å². The Morgan fingerprint density at radius 2 is 2.18 bits per heavy atom. The van der Waals surface area contributed by atoms with Crippen molar-refractivity contribution in [1.29, 1.82) is 5.26 Å². The van der Waals surface area contributed by atoms with E-state index in [0.29, 0.717) is 18.7 Å². The standard InChI is InChI=1S/C12H13N3O2/c13-7-9-1-3-10(4-2-9)15-5-6-17-11(8-15)12(14)16/h1-4,11H,5-6,8H2,(H2,14,16). The summed E-state index contributed by atoms with van der Waals surface area (Å²) in [5, 5.41) is 8.71. The minimum atomic E-state index is -0.556. The molecule has 0 saturated carbocycles. The molecule has 17 heavy (non-hydrogen) atoms. The molecule has 5 heteroatoms. The molecule has 1 saturated heterocycles. The number of nitrogens with zero attached hydrogens (tertiary/aromatic N) is 2. The monoisotopic (exact) mass is 231 g/mol. The Morgan fingerprint density at radius 1 is 1.47 bits per heavy atom. The molecule has 1 unspecified atom stereocenters. The molecule has 0 aliphatic carbocycles. The van der Waals surface area contributed by atoms with Crippen LogP contribution in [0.4, 0.5) is 5.69 Å². The minimum absolute atomic E-state index is 0.441. The number of carbonyl (C=O) groups is 1. The normalized spacial score (nSPS) is 19.7. The van der Waals surface area contributed by atoms with Gasteiger partial charge in [0.05, 0.1) is 24.8 Å². The fraction of sp³-hybridized carbons (Fsp3) is 0.333. The third-order valence-corrected chi connectivity index (χ3v) is 2.75. The van der Waals surface area contributed by atoms with Crippen molar-refractivity contribution < 1.29 is 9.53 Å². The number of anilines is 1. The molecule has 5 nitrogen and oxygen atoms in total. The smallest absolute Gasteiger partial charge is 0.248 e. The number of benzene rings is 1. The van der Waals surface area contributed by atoms with Crippen molar-refractivity contribution in [3.8, 4) is 6.07 Å². The highest BCUT2D eigenvalue weighted by atomic mass is 16.5. The van der Waals surface area contributed by atoms with Crippen LogP contribution in [0, 0.1) is 11.3 Å². The van der Waals surface area contributed by atoms with Crippen molar-refractivity contribution >= 4 is 11.6 Å². The van der Waals surface area contributed by atoms with Crippen LogP contribution in [0.5, 0.6) is 0 Å². The van der Waals surface area contributed by atoms with Crippen LogP contribution >= 0.6 is 0 Å². The van der Waals surface area contributed by atoms with Crippen molar-refractivity contribution in [2.45, 2.75) is 6.10 Å². The molecule has 1 aromatic carbocycles. The maximum atomic E-state index is 11.1. The zero-order valence-corrected chi connectivity index (χ0v) is 9.30. The molecule has 0 aromatic heterocycles. The fourth-order valence-corrected chi connectivity index (χ4v) is 1.80. The maximum absolute atomic E-state index is 11.1. The van der Waals surface area contributed by atoms with E-state index < -0.39 is 12.0 Å². The molecule has 88 valence electrons. The van der Waals surface area contributed by atoms with Gasteiger partial charge >= 0.3 is 0 Å². The van der Waals surface area contributed by atoms with Gasteiger partial charge in [0.15, 0.2) is 6.10 Å². The minimum Gasteiger partial charge on any atom is -0.367 e. The molecule has 1 aliphatic rings. The van der Waals surface area contributed by atoms with E-state index in [0.717, 1.165) is 12.2 Å². The predicted molar refractivity (Wildman–Crippen MR) is 62.3 cm³/mol. The number of rotatable bonds is 2. The van der Waals surface area contributed by atoms with Crippen LogP contribution in [0.15, 0.2) is 24.3 Å². The summed E-state index contributed by atoms with van der Waals surface area (Å²) < 4.78 is 5.27. The summed E-state index contributed by atoms with van der Waals surface area (Å²) in [6.45, 7) is 1.66. The van der Waals surface area contributed by atoms with Crippen LogP contribution in [0.3, 0.4) is 0 Å². The average molecular weight is 231 g/mol. The number of primary amides is 1. The lowest BCUT2D eigenvalue weighted by atomic mass is 10.2. The Hall–Kier alpha value is -2.06. The van der Waals surface area contributed by atoms with Gasteiger partial charge in [0.25, 0.3) is 0 Å². The lowest BCUT2D eigenvalue weighted by Crippen LogP contribution is -2.48. The molecule has 0 spiro atoms. The first-order valence-electron chi connectivity index (χ1n) is 5.37. The molecule has 1 atom stereocenters. The molecule has 1 heterocycles. The van der Waals surface area contributed by atoms with Gasteiger partial charge in [-0.3, -0.25) is 4.79 Å². The second kappa shape index (κ2) is 4.85. The van der Waals surface area contributed by atoms with Gasteiger partial charge in [-0.25, -0.2) is 0 Å². The van der Waals surface area contributed by atoms with E-state index in [2.05, 4.69) is 6.07 Å². The Bertz CT molecular complexity index is 450. The molecular formula is C12H13N3O2. The number of hydrogen-bond acceptors (Lipinski definition) is 4. The Morgan fingerprint density at radius 3 is 2.76 bits per heavy atom. The van der Waals surface area contributed by atoms with E-state index in [4.69, 9.17) is 15.7 Å². The lowest BCUT2D eigenvalue weighted by molar-refractivity contribution is -0.130. The van der Waals surface area contributed by atoms with Gasteiger partial charge in [-0.05, 0) is 24.3 Å². The number of hydrogen-bond donors (Lipinski definition) is 1. The molecule has 2 N–H and O–H groups in total. The predicted octanol–water partition coefficient (Wildman–Crippen LogP) is 0.249. The van der Waals surface area contributed by atoms with E-state index in [1.54, 1.807) is 12.1 Å². The second-order valence-corrected chi connectivity index (χ2v) is 3.87. The summed E-state index contributed by atoms with van der Waals surface area (Å²) in [6, 6.07) is 9.30. The first-order valence-corrected chi connectivity index (χ1v) is 5.37. The zero-order chi connectivity index (χ0) is 12.3. The van der Waals surface area contributed by atoms with Crippen LogP contribution in [-0.2, 0) is 9.53 Å². The quantitative estimate of drug-likeness (QED) is 0.791. The highest BCUT2D eigenvalue weighted by Crippen LogP contribution is 2.18. The van der Waals surface area contributed by atoms with Gasteiger partial charge in [0.2, 0.25) is 5.91 Å². The van der Waals surface area contributed by atoms with E-state index in [1.807, 2.05) is 17.0 Å². The molecule has 0 radical (unpaired) electrons. The van der Waals surface area contributed by atoms with Gasteiger partial charge in [0, 0.05) is 12.2 Å². The SMILES string of the molecule is N#Cc1ccc(N2CCOC(C(N)=O)C2)cc1. The molecule has 1 aliphatic heterocycles. The van der Waals surface area contributed by atoms with Crippen molar-refractivity contribution in [2.24, 2.45) is 5.73 Å². The van der Waals surface area contributed by atoms with Crippen LogP contribution in [-0.4, -0.2) is 31.7 Å². The van der Waals surface area contributed by atoms with E-state index in [1.165, 1.54) is 0 Å². The molecule has 1 aromatic rings. The summed E-state index contributed by atoms with van der Waals surface area (Å²) >= 11 is 0. The van der Waals surface area contributed by atoms with E-state index in [9.17, 15) is 4.79 Å². The number of ether oxygens (including phenoxy) is 1. The van der Waals surface area contributed by atoms with E-state index >= 15 is 0 Å². The van der Waals surface area contributed by atoms with Crippen LogP contribution < -0.4 is 10.6 Å². The number of amides is 1. The van der Waals surface area contributed by atoms with Crippen LogP contribution in [0.1, 0.15) is 5.56 Å². The second-order valence-electron chi connectivity index (χ2n) is 3.87. The van der Waals surface area contributed by atoms with Gasteiger partial charge < -0.3 is 15.4 Å². The third kappa shape index (κ3) is 2.55. The summed E-state index contributed by atoms with van der Waals surface area (Å²) in [7, 11) is 0. The lowest BCUT2D eigenvalue weighted by Gasteiger charge is -2.33. The van der Waals surface area contributed by atoms with Crippen LogP contribution in [0.25, 0.3) is 0 Å². The Balaban J connectivity index is 2.11. The summed E-state index contributed by atoms with van der Waals surface area (Å²) in [5.74, 6) is -0.441. The third-order valence-electron chi connectivity index (χ3n) is 2.75. The topological polar surface area (TPSA) is 79.3 Å². The molecule has 1 fully saturated rings. The first-order chi connectivity index (χ1) is 8.20. The van der Waals surface area contributed by atoms with Crippen LogP contribution in [0.2, 0.25) is 0 Å². The molecule has 1 amide bonds. The van der Waals surface area contributed by atoms with Gasteiger partial charge in [-0.2, -0.15) is 5.26 Å². The van der Waals surface area contributed by atoms with Crippen molar-refractivity contribution in [3.63, 3.8) is 0 Å². The Labute approximate surface area is 99.4 Å². The number of nitriles is 1. The van der Waals surface area contributed by atoms with Gasteiger partial charge in [-0.1, -0.05) is 0 Å². The summed E-state index contributed by atoms with van der Waals surface area (Å²) in [6.07, 6.45) is -0.556. The highest BCUT2D eigenvalue weighted by molar-refractivity contribution is 5.79. The van der Waals surface area contributed by atoms with E-state index in [-0.39, 0.29) is 0 Å². The fourth-order valence-electron chi connectivity index (χ4n) is 1.80. The number of carbonyl (C=O) groups excluding carboxylic acids is 1. The highest BCUT2D eigenvalue weighted by Gasteiger charge is 2.24. The molecular weight excluding hydrogens is 218 g/mol. The summed E-state index contributed by atoms with van der Waals surface area (Å²) in [4.78, 5) is 13.1. The van der Waals surface area contributed by atoms with Gasteiger partial charge in [-0.15, -0.1) is 0 Å². The number of morpholine rings is 1. The average Bonchev–Trinajstić information content (AvgIpc) is 2.39. The molecule has 2 rings (SSSR count). The van der Waals surface area contributed by atoms with Crippen molar-refractivity contribution in [3.05, 3.63) is 29.8 Å². The largest absolute Gasteiger partial charge is 0.367 e. The maximum Gasteiger partial charge on any atom is 0.248 e. The Kier molecular flexibility index (Phi) is 3.26. The molecule has 0 bridgehead atoms. The van der Waals surface area contributed by atoms with Crippen molar-refractivity contribution in [1.82, 2.24) is 0 Å². The zero-order valence-electron chi connectivity index (χ0n) is 9.30. The number of nitrogens with two attached hydrogens (primary N) is 1. The first kappa shape index (κ1) is 11.4.